The fraction of sp³-hybridized carbons (Fsp3) is 0.733. The molecule has 1 heterocycles. The minimum atomic E-state index is -0.304. The standard InChI is InChI=1S/C15H26N2O2S/c1-11(2)6-8-17(9-7-12(3)4)15-16-10-13(20-15)14(18)19-5/h10-12H,6-9H2,1-5H3. The molecule has 0 bridgehead atoms. The molecule has 1 aromatic rings. The Morgan fingerprint density at radius 3 is 2.25 bits per heavy atom. The summed E-state index contributed by atoms with van der Waals surface area (Å²) in [4.78, 5) is 18.8. The summed E-state index contributed by atoms with van der Waals surface area (Å²) < 4.78 is 4.74. The van der Waals surface area contributed by atoms with Gasteiger partial charge >= 0.3 is 5.97 Å². The number of carbonyl (C=O) groups excluding carboxylic acids is 1. The number of carbonyl (C=O) groups is 1. The first-order chi connectivity index (χ1) is 9.43. The monoisotopic (exact) mass is 298 g/mol. The lowest BCUT2D eigenvalue weighted by Crippen LogP contribution is -2.27. The Morgan fingerprint density at radius 1 is 1.25 bits per heavy atom. The Hall–Kier alpha value is -1.10. The highest BCUT2D eigenvalue weighted by molar-refractivity contribution is 7.17. The number of hydrogen-bond donors (Lipinski definition) is 0. The van der Waals surface area contributed by atoms with Gasteiger partial charge in [-0.2, -0.15) is 0 Å². The van der Waals surface area contributed by atoms with Crippen molar-refractivity contribution in [1.29, 1.82) is 0 Å². The highest BCUT2D eigenvalue weighted by Crippen LogP contribution is 2.24. The molecule has 0 aliphatic carbocycles. The SMILES string of the molecule is COC(=O)c1cnc(N(CCC(C)C)CCC(C)C)s1. The van der Waals surface area contributed by atoms with E-state index < -0.39 is 0 Å². The lowest BCUT2D eigenvalue weighted by atomic mass is 10.1. The summed E-state index contributed by atoms with van der Waals surface area (Å²) in [5.41, 5.74) is 0. The molecule has 0 amide bonds. The van der Waals surface area contributed by atoms with Crippen LogP contribution in [0.5, 0.6) is 0 Å². The number of methoxy groups -OCH3 is 1. The first kappa shape index (κ1) is 17.0. The molecule has 0 saturated carbocycles. The van der Waals surface area contributed by atoms with Crippen LogP contribution in [0.1, 0.15) is 50.2 Å². The number of thiazole rings is 1. The van der Waals surface area contributed by atoms with E-state index in [4.69, 9.17) is 4.74 Å². The molecule has 20 heavy (non-hydrogen) atoms. The second-order valence-corrected chi connectivity index (χ2v) is 6.86. The van der Waals surface area contributed by atoms with E-state index in [-0.39, 0.29) is 5.97 Å². The highest BCUT2D eigenvalue weighted by atomic mass is 32.1. The molecule has 5 heteroatoms. The van der Waals surface area contributed by atoms with E-state index in [0.29, 0.717) is 16.7 Å². The van der Waals surface area contributed by atoms with E-state index in [2.05, 4.69) is 37.6 Å². The molecule has 0 aromatic carbocycles. The zero-order valence-corrected chi connectivity index (χ0v) is 14.0. The molecular weight excluding hydrogens is 272 g/mol. The van der Waals surface area contributed by atoms with Crippen molar-refractivity contribution in [3.8, 4) is 0 Å². The van der Waals surface area contributed by atoms with E-state index in [1.54, 1.807) is 6.20 Å². The molecule has 114 valence electrons. The summed E-state index contributed by atoms with van der Waals surface area (Å²) in [5.74, 6) is 1.02. The van der Waals surface area contributed by atoms with Crippen molar-refractivity contribution >= 4 is 22.4 Å². The van der Waals surface area contributed by atoms with Gasteiger partial charge in [0, 0.05) is 13.1 Å². The van der Waals surface area contributed by atoms with Crippen molar-refractivity contribution in [1.82, 2.24) is 4.98 Å². The molecular formula is C15H26N2O2S. The van der Waals surface area contributed by atoms with Gasteiger partial charge < -0.3 is 9.64 Å². The number of anilines is 1. The predicted molar refractivity (Wildman–Crippen MR) is 84.6 cm³/mol. The van der Waals surface area contributed by atoms with Crippen LogP contribution in [0.2, 0.25) is 0 Å². The quantitative estimate of drug-likeness (QED) is 0.684. The number of ether oxygens (including phenoxy) is 1. The number of rotatable bonds is 8. The largest absolute Gasteiger partial charge is 0.465 e. The first-order valence-corrected chi connectivity index (χ1v) is 8.04. The van der Waals surface area contributed by atoms with E-state index >= 15 is 0 Å². The fourth-order valence-electron chi connectivity index (χ4n) is 1.74. The van der Waals surface area contributed by atoms with Crippen molar-refractivity contribution < 1.29 is 9.53 Å². The molecule has 0 spiro atoms. The van der Waals surface area contributed by atoms with Gasteiger partial charge in [0.2, 0.25) is 0 Å². The number of hydrogen-bond acceptors (Lipinski definition) is 5. The van der Waals surface area contributed by atoms with Crippen molar-refractivity contribution in [2.75, 3.05) is 25.1 Å². The first-order valence-electron chi connectivity index (χ1n) is 7.23. The van der Waals surface area contributed by atoms with E-state index in [1.807, 2.05) is 0 Å². The summed E-state index contributed by atoms with van der Waals surface area (Å²) in [6, 6.07) is 0. The van der Waals surface area contributed by atoms with Crippen LogP contribution < -0.4 is 4.90 Å². The normalized spacial score (nSPS) is 11.2. The summed E-state index contributed by atoms with van der Waals surface area (Å²) in [6.45, 7) is 10.9. The van der Waals surface area contributed by atoms with Gasteiger partial charge in [-0.05, 0) is 24.7 Å². The van der Waals surface area contributed by atoms with Crippen LogP contribution in [0.4, 0.5) is 5.13 Å². The molecule has 1 rings (SSSR count). The van der Waals surface area contributed by atoms with Gasteiger partial charge in [-0.1, -0.05) is 39.0 Å². The lowest BCUT2D eigenvalue weighted by Gasteiger charge is -2.23. The fourth-order valence-corrected chi connectivity index (χ4v) is 2.62. The average Bonchev–Trinajstić information content (AvgIpc) is 2.86. The molecule has 0 fully saturated rings. The van der Waals surface area contributed by atoms with Crippen LogP contribution in [-0.2, 0) is 4.74 Å². The second kappa shape index (κ2) is 8.25. The number of aromatic nitrogens is 1. The van der Waals surface area contributed by atoms with E-state index in [0.717, 1.165) is 31.1 Å². The summed E-state index contributed by atoms with van der Waals surface area (Å²) in [7, 11) is 1.40. The summed E-state index contributed by atoms with van der Waals surface area (Å²) in [6.07, 6.45) is 3.88. The number of esters is 1. The molecule has 0 aliphatic heterocycles. The van der Waals surface area contributed by atoms with Gasteiger partial charge in [0.05, 0.1) is 13.3 Å². The third-order valence-electron chi connectivity index (χ3n) is 3.10. The Bertz CT molecular complexity index is 404. The summed E-state index contributed by atoms with van der Waals surface area (Å²) >= 11 is 1.42. The number of nitrogens with zero attached hydrogens (tertiary/aromatic N) is 2. The molecule has 0 aliphatic rings. The van der Waals surface area contributed by atoms with Crippen molar-refractivity contribution in [2.24, 2.45) is 11.8 Å². The van der Waals surface area contributed by atoms with Gasteiger partial charge in [0.1, 0.15) is 4.88 Å². The Labute approximate surface area is 126 Å². The molecule has 4 nitrogen and oxygen atoms in total. The Kier molecular flexibility index (Phi) is 6.99. The third-order valence-corrected chi connectivity index (χ3v) is 4.14. The molecule has 0 radical (unpaired) electrons. The maximum atomic E-state index is 11.5. The molecule has 1 aromatic heterocycles. The van der Waals surface area contributed by atoms with Gasteiger partial charge in [0.15, 0.2) is 5.13 Å². The maximum absolute atomic E-state index is 11.5. The molecule has 0 saturated heterocycles. The van der Waals surface area contributed by atoms with Crippen LogP contribution in [-0.4, -0.2) is 31.2 Å². The zero-order chi connectivity index (χ0) is 15.1. The van der Waals surface area contributed by atoms with Crippen LogP contribution >= 0.6 is 11.3 Å². The topological polar surface area (TPSA) is 42.4 Å². The van der Waals surface area contributed by atoms with Gasteiger partial charge in [-0.25, -0.2) is 9.78 Å². The predicted octanol–water partition coefficient (Wildman–Crippen LogP) is 3.83. The van der Waals surface area contributed by atoms with E-state index in [1.165, 1.54) is 18.4 Å². The minimum absolute atomic E-state index is 0.304. The van der Waals surface area contributed by atoms with Crippen molar-refractivity contribution in [3.05, 3.63) is 11.1 Å². The van der Waals surface area contributed by atoms with E-state index in [9.17, 15) is 4.79 Å². The van der Waals surface area contributed by atoms with Gasteiger partial charge in [-0.15, -0.1) is 0 Å². The van der Waals surface area contributed by atoms with Gasteiger partial charge in [0.25, 0.3) is 0 Å². The van der Waals surface area contributed by atoms with Crippen LogP contribution in [0.15, 0.2) is 6.20 Å². The maximum Gasteiger partial charge on any atom is 0.349 e. The zero-order valence-electron chi connectivity index (χ0n) is 13.2. The van der Waals surface area contributed by atoms with Gasteiger partial charge in [-0.3, -0.25) is 0 Å². The smallest absolute Gasteiger partial charge is 0.349 e. The molecule has 0 atom stereocenters. The van der Waals surface area contributed by atoms with Crippen LogP contribution in [0.25, 0.3) is 0 Å². The third kappa shape index (κ3) is 5.49. The Balaban J connectivity index is 2.74. The van der Waals surface area contributed by atoms with Crippen LogP contribution in [0.3, 0.4) is 0 Å². The Morgan fingerprint density at radius 2 is 1.80 bits per heavy atom. The van der Waals surface area contributed by atoms with Crippen molar-refractivity contribution in [3.63, 3.8) is 0 Å². The van der Waals surface area contributed by atoms with Crippen molar-refractivity contribution in [2.45, 2.75) is 40.5 Å². The summed E-state index contributed by atoms with van der Waals surface area (Å²) in [5, 5.41) is 0.923. The minimum Gasteiger partial charge on any atom is -0.465 e. The molecule has 0 N–H and O–H groups in total. The lowest BCUT2D eigenvalue weighted by molar-refractivity contribution is 0.0606. The van der Waals surface area contributed by atoms with Crippen LogP contribution in [0, 0.1) is 11.8 Å². The average molecular weight is 298 g/mol. The molecule has 0 unspecified atom stereocenters. The highest BCUT2D eigenvalue weighted by Gasteiger charge is 2.16. The second-order valence-electron chi connectivity index (χ2n) is 5.85.